The molecule has 1 heterocycles. The van der Waals surface area contributed by atoms with Gasteiger partial charge in [0.2, 0.25) is 0 Å². The molecule has 106 valence electrons. The minimum Gasteiger partial charge on any atom is -0.484 e. The van der Waals surface area contributed by atoms with Crippen molar-refractivity contribution in [3.8, 4) is 5.75 Å². The van der Waals surface area contributed by atoms with Crippen LogP contribution in [0.2, 0.25) is 5.02 Å². The molecule has 0 bridgehead atoms. The summed E-state index contributed by atoms with van der Waals surface area (Å²) < 4.78 is 20.7. The van der Waals surface area contributed by atoms with Gasteiger partial charge in [0.05, 0.1) is 16.4 Å². The first kappa shape index (κ1) is 14.5. The van der Waals surface area contributed by atoms with Crippen molar-refractivity contribution in [2.45, 2.75) is 20.0 Å². The van der Waals surface area contributed by atoms with Gasteiger partial charge >= 0.3 is 0 Å². The van der Waals surface area contributed by atoms with E-state index in [2.05, 4.69) is 5.10 Å². The second-order valence-electron chi connectivity index (χ2n) is 4.28. The molecule has 2 rings (SSSR count). The number of aryl methyl sites for hydroxylation is 2. The molecule has 0 amide bonds. The lowest BCUT2D eigenvalue weighted by Crippen LogP contribution is -2.04. The SMILES string of the molecule is CCc1nn(C)c(COc2ccc(C=O)cc2F)c1Cl. The van der Waals surface area contributed by atoms with Gasteiger partial charge in [-0.25, -0.2) is 4.39 Å². The lowest BCUT2D eigenvalue weighted by atomic mass is 10.2. The zero-order valence-corrected chi connectivity index (χ0v) is 11.9. The molecule has 0 saturated carbocycles. The summed E-state index contributed by atoms with van der Waals surface area (Å²) in [5, 5.41) is 4.80. The van der Waals surface area contributed by atoms with Crippen LogP contribution in [0.3, 0.4) is 0 Å². The summed E-state index contributed by atoms with van der Waals surface area (Å²) in [6.45, 7) is 2.07. The summed E-state index contributed by atoms with van der Waals surface area (Å²) in [5.41, 5.74) is 1.73. The lowest BCUT2D eigenvalue weighted by Gasteiger charge is -2.08. The van der Waals surface area contributed by atoms with Gasteiger partial charge in [-0.1, -0.05) is 18.5 Å². The molecule has 0 saturated heterocycles. The van der Waals surface area contributed by atoms with Gasteiger partial charge < -0.3 is 4.74 Å². The van der Waals surface area contributed by atoms with Crippen LogP contribution < -0.4 is 4.74 Å². The monoisotopic (exact) mass is 296 g/mol. The normalized spacial score (nSPS) is 10.6. The van der Waals surface area contributed by atoms with E-state index in [0.29, 0.717) is 17.0 Å². The smallest absolute Gasteiger partial charge is 0.165 e. The predicted molar refractivity (Wildman–Crippen MR) is 73.7 cm³/mol. The Morgan fingerprint density at radius 2 is 2.25 bits per heavy atom. The van der Waals surface area contributed by atoms with E-state index < -0.39 is 5.82 Å². The molecule has 0 aliphatic heterocycles. The highest BCUT2D eigenvalue weighted by Gasteiger charge is 2.14. The summed E-state index contributed by atoms with van der Waals surface area (Å²) in [6.07, 6.45) is 1.30. The van der Waals surface area contributed by atoms with Crippen LogP contribution in [-0.2, 0) is 20.1 Å². The van der Waals surface area contributed by atoms with Gasteiger partial charge in [-0.05, 0) is 24.6 Å². The molecule has 20 heavy (non-hydrogen) atoms. The van der Waals surface area contributed by atoms with E-state index in [9.17, 15) is 9.18 Å². The van der Waals surface area contributed by atoms with Gasteiger partial charge in [0.1, 0.15) is 12.9 Å². The quantitative estimate of drug-likeness (QED) is 0.796. The molecule has 6 heteroatoms. The molecule has 4 nitrogen and oxygen atoms in total. The summed E-state index contributed by atoms with van der Waals surface area (Å²) in [5.74, 6) is -0.505. The Morgan fingerprint density at radius 1 is 1.50 bits per heavy atom. The van der Waals surface area contributed by atoms with E-state index in [0.717, 1.165) is 18.2 Å². The Hall–Kier alpha value is -1.88. The number of carbonyl (C=O) groups is 1. The summed E-state index contributed by atoms with van der Waals surface area (Å²) in [6, 6.07) is 4.04. The van der Waals surface area contributed by atoms with Crippen LogP contribution in [0, 0.1) is 5.82 Å². The van der Waals surface area contributed by atoms with Crippen LogP contribution in [-0.4, -0.2) is 16.1 Å². The van der Waals surface area contributed by atoms with Gasteiger partial charge in [-0.15, -0.1) is 0 Å². The third kappa shape index (κ3) is 2.82. The highest BCUT2D eigenvalue weighted by atomic mass is 35.5. The van der Waals surface area contributed by atoms with E-state index in [1.165, 1.54) is 12.1 Å². The highest BCUT2D eigenvalue weighted by molar-refractivity contribution is 6.31. The van der Waals surface area contributed by atoms with E-state index in [4.69, 9.17) is 16.3 Å². The van der Waals surface area contributed by atoms with E-state index in [1.807, 2.05) is 6.92 Å². The fourth-order valence-electron chi connectivity index (χ4n) is 1.83. The van der Waals surface area contributed by atoms with Gasteiger partial charge in [0.15, 0.2) is 11.6 Å². The van der Waals surface area contributed by atoms with Gasteiger partial charge in [0, 0.05) is 12.6 Å². The van der Waals surface area contributed by atoms with E-state index in [1.54, 1.807) is 11.7 Å². The molecule has 0 radical (unpaired) electrons. The Morgan fingerprint density at radius 3 is 2.80 bits per heavy atom. The number of benzene rings is 1. The molecule has 0 unspecified atom stereocenters. The van der Waals surface area contributed by atoms with Crippen molar-refractivity contribution in [2.24, 2.45) is 7.05 Å². The average Bonchev–Trinajstić information content (AvgIpc) is 2.72. The zero-order valence-electron chi connectivity index (χ0n) is 11.2. The van der Waals surface area contributed by atoms with Crippen molar-refractivity contribution in [3.63, 3.8) is 0 Å². The summed E-state index contributed by atoms with van der Waals surface area (Å²) in [7, 11) is 1.76. The Labute approximate surface area is 121 Å². The van der Waals surface area contributed by atoms with Gasteiger partial charge in [-0.3, -0.25) is 9.48 Å². The molecule has 0 fully saturated rings. The molecule has 0 N–H and O–H groups in total. The number of nitrogens with zero attached hydrogens (tertiary/aromatic N) is 2. The molecule has 0 atom stereocenters. The van der Waals surface area contributed by atoms with Crippen LogP contribution in [0.4, 0.5) is 4.39 Å². The predicted octanol–water partition coefficient (Wildman–Crippen LogP) is 3.17. The third-order valence-electron chi connectivity index (χ3n) is 2.96. The Balaban J connectivity index is 2.17. The fraction of sp³-hybridized carbons (Fsp3) is 0.286. The van der Waals surface area contributed by atoms with Crippen LogP contribution >= 0.6 is 11.6 Å². The van der Waals surface area contributed by atoms with Crippen molar-refractivity contribution >= 4 is 17.9 Å². The molecular formula is C14H14ClFN2O2. The molecule has 2 aromatic rings. The topological polar surface area (TPSA) is 44.1 Å². The molecular weight excluding hydrogens is 283 g/mol. The summed E-state index contributed by atoms with van der Waals surface area (Å²) >= 11 is 6.18. The van der Waals surface area contributed by atoms with E-state index >= 15 is 0 Å². The van der Waals surface area contributed by atoms with Crippen molar-refractivity contribution in [3.05, 3.63) is 46.0 Å². The maximum absolute atomic E-state index is 13.7. The Kier molecular flexibility index (Phi) is 4.39. The average molecular weight is 297 g/mol. The molecule has 0 aliphatic rings. The van der Waals surface area contributed by atoms with Crippen LogP contribution in [0.5, 0.6) is 5.75 Å². The molecule has 0 aliphatic carbocycles. The lowest BCUT2D eigenvalue weighted by molar-refractivity contribution is 0.112. The maximum Gasteiger partial charge on any atom is 0.165 e. The number of aldehydes is 1. The highest BCUT2D eigenvalue weighted by Crippen LogP contribution is 2.24. The first-order chi connectivity index (χ1) is 9.56. The largest absolute Gasteiger partial charge is 0.484 e. The second kappa shape index (κ2) is 6.05. The number of hydrogen-bond acceptors (Lipinski definition) is 3. The number of hydrogen-bond donors (Lipinski definition) is 0. The van der Waals surface area contributed by atoms with Crippen molar-refractivity contribution in [1.82, 2.24) is 9.78 Å². The standard InChI is InChI=1S/C14H14ClFN2O2/c1-3-11-14(15)12(18(2)17-11)8-20-13-5-4-9(7-19)6-10(13)16/h4-7H,3,8H2,1-2H3. The van der Waals surface area contributed by atoms with Crippen molar-refractivity contribution in [2.75, 3.05) is 0 Å². The third-order valence-corrected chi connectivity index (χ3v) is 3.40. The van der Waals surface area contributed by atoms with Crippen LogP contribution in [0.1, 0.15) is 28.7 Å². The number of aromatic nitrogens is 2. The van der Waals surface area contributed by atoms with Gasteiger partial charge in [0.25, 0.3) is 0 Å². The fourth-order valence-corrected chi connectivity index (χ4v) is 2.18. The van der Waals surface area contributed by atoms with Crippen molar-refractivity contribution in [1.29, 1.82) is 0 Å². The first-order valence-electron chi connectivity index (χ1n) is 6.14. The number of carbonyl (C=O) groups excluding carboxylic acids is 1. The molecule has 1 aromatic carbocycles. The number of rotatable bonds is 5. The maximum atomic E-state index is 13.7. The second-order valence-corrected chi connectivity index (χ2v) is 4.66. The molecule has 1 aromatic heterocycles. The first-order valence-corrected chi connectivity index (χ1v) is 6.52. The number of halogens is 2. The van der Waals surface area contributed by atoms with Crippen LogP contribution in [0.15, 0.2) is 18.2 Å². The van der Waals surface area contributed by atoms with Crippen LogP contribution in [0.25, 0.3) is 0 Å². The van der Waals surface area contributed by atoms with Crippen molar-refractivity contribution < 1.29 is 13.9 Å². The molecule has 0 spiro atoms. The minimum atomic E-state index is -0.580. The minimum absolute atomic E-state index is 0.0749. The van der Waals surface area contributed by atoms with Gasteiger partial charge in [-0.2, -0.15) is 5.10 Å². The van der Waals surface area contributed by atoms with E-state index in [-0.39, 0.29) is 17.9 Å². The number of ether oxygens (including phenoxy) is 1. The zero-order chi connectivity index (χ0) is 14.7. The summed E-state index contributed by atoms with van der Waals surface area (Å²) in [4.78, 5) is 10.5. The Bertz CT molecular complexity index is 640.